The zero-order valence-electron chi connectivity index (χ0n) is 12.5. The zero-order chi connectivity index (χ0) is 17.0. The molecule has 0 unspecified atom stereocenters. The van der Waals surface area contributed by atoms with Crippen LogP contribution in [0.15, 0.2) is 59.1 Å². The highest BCUT2D eigenvalue weighted by Gasteiger charge is 2.14. The van der Waals surface area contributed by atoms with Gasteiger partial charge in [-0.05, 0) is 30.3 Å². The number of halogens is 1. The van der Waals surface area contributed by atoms with Gasteiger partial charge in [-0.3, -0.25) is 4.98 Å². The first-order chi connectivity index (χ1) is 11.5. The van der Waals surface area contributed by atoms with Crippen LogP contribution in [-0.2, 0) is 16.4 Å². The van der Waals surface area contributed by atoms with Crippen LogP contribution >= 0.6 is 22.9 Å². The molecule has 3 rings (SSSR count). The van der Waals surface area contributed by atoms with Gasteiger partial charge in [-0.25, -0.2) is 18.1 Å². The molecule has 0 radical (unpaired) electrons. The van der Waals surface area contributed by atoms with Gasteiger partial charge in [0, 0.05) is 41.3 Å². The van der Waals surface area contributed by atoms with Crippen LogP contribution in [0.1, 0.15) is 5.01 Å². The number of nitrogens with zero attached hydrogens (tertiary/aromatic N) is 2. The molecule has 0 aliphatic heterocycles. The third-order valence-corrected chi connectivity index (χ3v) is 5.87. The maximum Gasteiger partial charge on any atom is 0.240 e. The first-order valence-corrected chi connectivity index (χ1v) is 9.89. The van der Waals surface area contributed by atoms with Crippen LogP contribution in [0.2, 0.25) is 5.02 Å². The van der Waals surface area contributed by atoms with Crippen molar-refractivity contribution in [2.24, 2.45) is 0 Å². The average Bonchev–Trinajstić information content (AvgIpc) is 3.04. The number of benzene rings is 1. The first-order valence-electron chi connectivity index (χ1n) is 7.15. The lowest BCUT2D eigenvalue weighted by molar-refractivity contribution is 0.581. The third-order valence-electron chi connectivity index (χ3n) is 3.27. The second-order valence-corrected chi connectivity index (χ2v) is 8.11. The van der Waals surface area contributed by atoms with Crippen LogP contribution in [0.3, 0.4) is 0 Å². The molecule has 1 N–H and O–H groups in total. The molecule has 124 valence electrons. The maximum atomic E-state index is 12.2. The van der Waals surface area contributed by atoms with E-state index in [4.69, 9.17) is 11.6 Å². The smallest absolute Gasteiger partial charge is 0.240 e. The van der Waals surface area contributed by atoms with Crippen molar-refractivity contribution < 1.29 is 8.42 Å². The highest BCUT2D eigenvalue weighted by molar-refractivity contribution is 7.89. The average molecular weight is 380 g/mol. The normalized spacial score (nSPS) is 11.5. The van der Waals surface area contributed by atoms with E-state index >= 15 is 0 Å². The minimum absolute atomic E-state index is 0.159. The fourth-order valence-electron chi connectivity index (χ4n) is 2.09. The number of sulfonamides is 1. The van der Waals surface area contributed by atoms with Gasteiger partial charge in [0.25, 0.3) is 0 Å². The number of hydrogen-bond acceptors (Lipinski definition) is 5. The molecule has 0 aliphatic rings. The van der Waals surface area contributed by atoms with Crippen molar-refractivity contribution in [3.63, 3.8) is 0 Å². The SMILES string of the molecule is O=S(=O)(NCCc1nc(-c2ccncc2)cs1)c1cccc(Cl)c1. The number of hydrogen-bond donors (Lipinski definition) is 1. The van der Waals surface area contributed by atoms with Crippen LogP contribution in [0, 0.1) is 0 Å². The number of pyridine rings is 1. The standard InChI is InChI=1S/C16H14ClN3O2S2/c17-13-2-1-3-14(10-13)24(21,22)19-9-6-16-20-15(11-23-16)12-4-7-18-8-5-12/h1-5,7-8,10-11,19H,6,9H2. The maximum absolute atomic E-state index is 12.2. The van der Waals surface area contributed by atoms with Crippen LogP contribution in [0.25, 0.3) is 11.3 Å². The van der Waals surface area contributed by atoms with Gasteiger partial charge in [-0.2, -0.15) is 0 Å². The van der Waals surface area contributed by atoms with Crippen LogP contribution in [0.4, 0.5) is 0 Å². The van der Waals surface area contributed by atoms with Gasteiger partial charge in [-0.15, -0.1) is 11.3 Å². The van der Waals surface area contributed by atoms with Crippen molar-refractivity contribution in [1.29, 1.82) is 0 Å². The highest BCUT2D eigenvalue weighted by atomic mass is 35.5. The summed E-state index contributed by atoms with van der Waals surface area (Å²) in [6, 6.07) is 9.96. The van der Waals surface area contributed by atoms with Gasteiger partial charge in [0.05, 0.1) is 15.6 Å². The van der Waals surface area contributed by atoms with Crippen LogP contribution < -0.4 is 4.72 Å². The van der Waals surface area contributed by atoms with Crippen molar-refractivity contribution in [3.05, 3.63) is 64.2 Å². The Morgan fingerprint density at radius 3 is 2.71 bits per heavy atom. The number of nitrogens with one attached hydrogen (secondary N) is 1. The fourth-order valence-corrected chi connectivity index (χ4v) is 4.23. The Morgan fingerprint density at radius 1 is 1.17 bits per heavy atom. The van der Waals surface area contributed by atoms with Crippen molar-refractivity contribution in [2.75, 3.05) is 6.54 Å². The highest BCUT2D eigenvalue weighted by Crippen LogP contribution is 2.21. The molecule has 2 aromatic heterocycles. The summed E-state index contributed by atoms with van der Waals surface area (Å²) >= 11 is 7.34. The molecule has 0 spiro atoms. The van der Waals surface area contributed by atoms with E-state index in [2.05, 4.69) is 14.7 Å². The molecule has 1 aromatic carbocycles. The van der Waals surface area contributed by atoms with E-state index in [1.807, 2.05) is 17.5 Å². The van der Waals surface area contributed by atoms with Crippen molar-refractivity contribution >= 4 is 33.0 Å². The molecule has 0 fully saturated rings. The summed E-state index contributed by atoms with van der Waals surface area (Å²) in [5.41, 5.74) is 1.86. The summed E-state index contributed by atoms with van der Waals surface area (Å²) in [6.07, 6.45) is 3.95. The Kier molecular flexibility index (Phi) is 5.25. The Hall–Kier alpha value is -1.80. The fraction of sp³-hybridized carbons (Fsp3) is 0.125. The predicted octanol–water partition coefficient (Wildman–Crippen LogP) is 3.38. The lowest BCUT2D eigenvalue weighted by Crippen LogP contribution is -2.25. The molecule has 0 bridgehead atoms. The van der Waals surface area contributed by atoms with Gasteiger partial charge in [0.15, 0.2) is 0 Å². The Balaban J connectivity index is 1.62. The molecular weight excluding hydrogens is 366 g/mol. The molecule has 8 heteroatoms. The van der Waals surface area contributed by atoms with Gasteiger partial charge >= 0.3 is 0 Å². The third kappa shape index (κ3) is 4.18. The van der Waals surface area contributed by atoms with Gasteiger partial charge < -0.3 is 0 Å². The number of rotatable bonds is 6. The van der Waals surface area contributed by atoms with Gasteiger partial charge in [-0.1, -0.05) is 17.7 Å². The van der Waals surface area contributed by atoms with Crippen molar-refractivity contribution in [2.45, 2.75) is 11.3 Å². The molecular formula is C16H14ClN3O2S2. The van der Waals surface area contributed by atoms with E-state index in [0.717, 1.165) is 16.3 Å². The van der Waals surface area contributed by atoms with E-state index in [1.54, 1.807) is 24.5 Å². The Morgan fingerprint density at radius 2 is 1.96 bits per heavy atom. The summed E-state index contributed by atoms with van der Waals surface area (Å²) < 4.78 is 27.0. The minimum atomic E-state index is -3.56. The van der Waals surface area contributed by atoms with Crippen molar-refractivity contribution in [1.82, 2.24) is 14.7 Å². The van der Waals surface area contributed by atoms with E-state index in [9.17, 15) is 8.42 Å². The largest absolute Gasteiger partial charge is 0.265 e. The monoisotopic (exact) mass is 379 g/mol. The van der Waals surface area contributed by atoms with Crippen molar-refractivity contribution in [3.8, 4) is 11.3 Å². The Bertz CT molecular complexity index is 927. The molecule has 3 aromatic rings. The Labute approximate surface area is 149 Å². The lowest BCUT2D eigenvalue weighted by atomic mass is 10.2. The zero-order valence-corrected chi connectivity index (χ0v) is 14.9. The molecule has 0 atom stereocenters. The summed E-state index contributed by atoms with van der Waals surface area (Å²) in [6.45, 7) is 0.276. The molecule has 24 heavy (non-hydrogen) atoms. The van der Waals surface area contributed by atoms with Crippen LogP contribution in [0.5, 0.6) is 0 Å². The van der Waals surface area contributed by atoms with E-state index < -0.39 is 10.0 Å². The lowest BCUT2D eigenvalue weighted by Gasteiger charge is -2.06. The summed E-state index contributed by atoms with van der Waals surface area (Å²) in [5.74, 6) is 0. The summed E-state index contributed by atoms with van der Waals surface area (Å²) in [5, 5.41) is 3.21. The van der Waals surface area contributed by atoms with Gasteiger partial charge in [0.2, 0.25) is 10.0 Å². The van der Waals surface area contributed by atoms with E-state index in [0.29, 0.717) is 11.4 Å². The second-order valence-electron chi connectivity index (χ2n) is 4.97. The quantitative estimate of drug-likeness (QED) is 0.712. The summed E-state index contributed by atoms with van der Waals surface area (Å²) in [4.78, 5) is 8.66. The van der Waals surface area contributed by atoms with Crippen LogP contribution in [-0.4, -0.2) is 24.9 Å². The molecule has 2 heterocycles. The molecule has 0 aliphatic carbocycles. The minimum Gasteiger partial charge on any atom is -0.265 e. The molecule has 0 amide bonds. The number of aromatic nitrogens is 2. The van der Waals surface area contributed by atoms with E-state index in [1.165, 1.54) is 23.5 Å². The van der Waals surface area contributed by atoms with E-state index in [-0.39, 0.29) is 11.4 Å². The van der Waals surface area contributed by atoms with Gasteiger partial charge in [0.1, 0.15) is 0 Å². The number of thiazole rings is 1. The topological polar surface area (TPSA) is 72.0 Å². The first kappa shape index (κ1) is 17.0. The second kappa shape index (κ2) is 7.40. The summed E-state index contributed by atoms with van der Waals surface area (Å²) in [7, 11) is -3.56. The predicted molar refractivity (Wildman–Crippen MR) is 95.7 cm³/mol. The molecule has 5 nitrogen and oxygen atoms in total. The molecule has 0 saturated carbocycles. The molecule has 0 saturated heterocycles.